The van der Waals surface area contributed by atoms with Gasteiger partial charge in [-0.2, -0.15) is 0 Å². The highest BCUT2D eigenvalue weighted by Gasteiger charge is 1.96. The number of rotatable bonds is 9. The Labute approximate surface area is 132 Å². The number of hydrogen-bond acceptors (Lipinski definition) is 4. The van der Waals surface area contributed by atoms with Gasteiger partial charge in [0.25, 0.3) is 0 Å². The predicted molar refractivity (Wildman–Crippen MR) is 90.0 cm³/mol. The second-order valence-electron chi connectivity index (χ2n) is 5.17. The fourth-order valence-corrected chi connectivity index (χ4v) is 2.05. The van der Waals surface area contributed by atoms with Crippen molar-refractivity contribution in [2.24, 2.45) is 5.73 Å². The molecule has 0 spiro atoms. The van der Waals surface area contributed by atoms with E-state index in [0.29, 0.717) is 6.54 Å². The SMILES string of the molecule is NCc1ccc(OCCCCCOc2ccc(N)cc2)cc1. The zero-order valence-electron chi connectivity index (χ0n) is 12.8. The maximum atomic E-state index is 5.69. The van der Waals surface area contributed by atoms with Crippen molar-refractivity contribution in [1.82, 2.24) is 0 Å². The molecule has 0 saturated heterocycles. The van der Waals surface area contributed by atoms with Crippen molar-refractivity contribution < 1.29 is 9.47 Å². The number of benzene rings is 2. The Morgan fingerprint density at radius 1 is 0.682 bits per heavy atom. The van der Waals surface area contributed by atoms with E-state index in [9.17, 15) is 0 Å². The number of hydrogen-bond donors (Lipinski definition) is 2. The summed E-state index contributed by atoms with van der Waals surface area (Å²) in [4.78, 5) is 0. The second kappa shape index (κ2) is 8.95. The van der Waals surface area contributed by atoms with Crippen molar-refractivity contribution >= 4 is 5.69 Å². The quantitative estimate of drug-likeness (QED) is 0.550. The van der Waals surface area contributed by atoms with Crippen LogP contribution in [-0.4, -0.2) is 13.2 Å². The third-order valence-corrected chi connectivity index (χ3v) is 3.37. The summed E-state index contributed by atoms with van der Waals surface area (Å²) in [5.41, 5.74) is 13.1. The van der Waals surface area contributed by atoms with Crippen LogP contribution in [0.5, 0.6) is 11.5 Å². The Balaban J connectivity index is 1.52. The molecule has 0 aliphatic heterocycles. The van der Waals surface area contributed by atoms with E-state index in [1.54, 1.807) is 0 Å². The molecule has 118 valence electrons. The summed E-state index contributed by atoms with van der Waals surface area (Å²) in [6.45, 7) is 2.01. The molecule has 0 atom stereocenters. The monoisotopic (exact) mass is 300 g/mol. The maximum Gasteiger partial charge on any atom is 0.119 e. The highest BCUT2D eigenvalue weighted by molar-refractivity contribution is 5.41. The molecule has 2 aromatic rings. The summed E-state index contributed by atoms with van der Waals surface area (Å²) in [7, 11) is 0. The molecular weight excluding hydrogens is 276 g/mol. The first-order valence-electron chi connectivity index (χ1n) is 7.68. The summed E-state index contributed by atoms with van der Waals surface area (Å²) in [6.07, 6.45) is 3.11. The van der Waals surface area contributed by atoms with Crippen molar-refractivity contribution in [3.8, 4) is 11.5 Å². The molecule has 0 bridgehead atoms. The molecule has 4 N–H and O–H groups in total. The van der Waals surface area contributed by atoms with Crippen LogP contribution >= 0.6 is 0 Å². The van der Waals surface area contributed by atoms with Gasteiger partial charge in [0.15, 0.2) is 0 Å². The van der Waals surface area contributed by atoms with Crippen molar-refractivity contribution in [3.63, 3.8) is 0 Å². The first-order chi connectivity index (χ1) is 10.8. The smallest absolute Gasteiger partial charge is 0.119 e. The standard InChI is InChI=1S/C18H24N2O2/c19-14-15-4-8-17(9-5-15)21-12-2-1-3-13-22-18-10-6-16(20)7-11-18/h4-11H,1-3,12-14,19-20H2. The molecule has 0 unspecified atom stereocenters. The summed E-state index contributed by atoms with van der Waals surface area (Å²) >= 11 is 0. The van der Waals surface area contributed by atoms with Crippen LogP contribution in [0.4, 0.5) is 5.69 Å². The minimum absolute atomic E-state index is 0.564. The summed E-state index contributed by atoms with van der Waals surface area (Å²) in [6, 6.07) is 15.4. The first kappa shape index (κ1) is 16.2. The predicted octanol–water partition coefficient (Wildman–Crippen LogP) is 3.36. The molecule has 0 saturated carbocycles. The van der Waals surface area contributed by atoms with E-state index >= 15 is 0 Å². The number of nitrogen functional groups attached to an aromatic ring is 1. The van der Waals surface area contributed by atoms with E-state index in [4.69, 9.17) is 20.9 Å². The lowest BCUT2D eigenvalue weighted by molar-refractivity contribution is 0.279. The summed E-state index contributed by atoms with van der Waals surface area (Å²) < 4.78 is 11.3. The summed E-state index contributed by atoms with van der Waals surface area (Å²) in [5, 5.41) is 0. The van der Waals surface area contributed by atoms with Gasteiger partial charge >= 0.3 is 0 Å². The van der Waals surface area contributed by atoms with Crippen LogP contribution in [0, 0.1) is 0 Å². The average Bonchev–Trinajstić information content (AvgIpc) is 2.56. The van der Waals surface area contributed by atoms with Crippen molar-refractivity contribution in [1.29, 1.82) is 0 Å². The Morgan fingerprint density at radius 3 is 1.68 bits per heavy atom. The molecule has 0 aromatic heterocycles. The lowest BCUT2D eigenvalue weighted by atomic mass is 10.2. The lowest BCUT2D eigenvalue weighted by Crippen LogP contribution is -2.01. The van der Waals surface area contributed by atoms with Crippen molar-refractivity contribution in [2.45, 2.75) is 25.8 Å². The van der Waals surface area contributed by atoms with Crippen molar-refractivity contribution in [3.05, 3.63) is 54.1 Å². The van der Waals surface area contributed by atoms with E-state index in [2.05, 4.69) is 0 Å². The van der Waals surface area contributed by atoms with E-state index in [1.165, 1.54) is 0 Å². The van der Waals surface area contributed by atoms with Crippen LogP contribution in [0.3, 0.4) is 0 Å². The molecule has 0 amide bonds. The molecule has 2 rings (SSSR count). The Morgan fingerprint density at radius 2 is 1.18 bits per heavy atom. The Bertz CT molecular complexity index is 538. The zero-order valence-corrected chi connectivity index (χ0v) is 12.8. The molecule has 0 aliphatic carbocycles. The van der Waals surface area contributed by atoms with Crippen LogP contribution in [-0.2, 0) is 6.54 Å². The second-order valence-corrected chi connectivity index (χ2v) is 5.17. The van der Waals surface area contributed by atoms with Crippen LogP contribution in [0.1, 0.15) is 24.8 Å². The Hall–Kier alpha value is -2.20. The highest BCUT2D eigenvalue weighted by atomic mass is 16.5. The molecule has 0 aliphatic rings. The van der Waals surface area contributed by atoms with Gasteiger partial charge in [-0.3, -0.25) is 0 Å². The van der Waals surface area contributed by atoms with Gasteiger partial charge in [-0.25, -0.2) is 0 Å². The van der Waals surface area contributed by atoms with E-state index in [1.807, 2.05) is 48.5 Å². The minimum Gasteiger partial charge on any atom is -0.494 e. The number of unbranched alkanes of at least 4 members (excludes halogenated alkanes) is 2. The van der Waals surface area contributed by atoms with E-state index in [0.717, 1.165) is 55.2 Å². The van der Waals surface area contributed by atoms with Gasteiger partial charge in [0, 0.05) is 12.2 Å². The van der Waals surface area contributed by atoms with Gasteiger partial charge in [-0.05, 0) is 61.2 Å². The third kappa shape index (κ3) is 5.66. The van der Waals surface area contributed by atoms with Gasteiger partial charge in [-0.1, -0.05) is 12.1 Å². The maximum absolute atomic E-state index is 5.69. The molecule has 0 fully saturated rings. The topological polar surface area (TPSA) is 70.5 Å². The van der Waals surface area contributed by atoms with E-state index < -0.39 is 0 Å². The lowest BCUT2D eigenvalue weighted by Gasteiger charge is -2.08. The van der Waals surface area contributed by atoms with Gasteiger partial charge in [0.2, 0.25) is 0 Å². The van der Waals surface area contributed by atoms with Gasteiger partial charge in [0.1, 0.15) is 11.5 Å². The van der Waals surface area contributed by atoms with Crippen LogP contribution in [0.25, 0.3) is 0 Å². The van der Waals surface area contributed by atoms with Gasteiger partial charge in [0.05, 0.1) is 13.2 Å². The van der Waals surface area contributed by atoms with Crippen LogP contribution in [0.15, 0.2) is 48.5 Å². The fraction of sp³-hybridized carbons (Fsp3) is 0.333. The minimum atomic E-state index is 0.564. The molecular formula is C18H24N2O2. The molecule has 4 nitrogen and oxygen atoms in total. The van der Waals surface area contributed by atoms with Crippen LogP contribution in [0.2, 0.25) is 0 Å². The number of nitrogens with two attached hydrogens (primary N) is 2. The van der Waals surface area contributed by atoms with Crippen LogP contribution < -0.4 is 20.9 Å². The Kier molecular flexibility index (Phi) is 6.58. The van der Waals surface area contributed by atoms with Gasteiger partial charge in [-0.15, -0.1) is 0 Å². The molecule has 4 heteroatoms. The van der Waals surface area contributed by atoms with E-state index in [-0.39, 0.29) is 0 Å². The average molecular weight is 300 g/mol. The largest absolute Gasteiger partial charge is 0.494 e. The van der Waals surface area contributed by atoms with Gasteiger partial charge < -0.3 is 20.9 Å². The zero-order chi connectivity index (χ0) is 15.6. The molecule has 0 radical (unpaired) electrons. The highest BCUT2D eigenvalue weighted by Crippen LogP contribution is 2.14. The number of anilines is 1. The molecule has 22 heavy (non-hydrogen) atoms. The molecule has 0 heterocycles. The van der Waals surface area contributed by atoms with Crippen molar-refractivity contribution in [2.75, 3.05) is 18.9 Å². The first-order valence-corrected chi connectivity index (χ1v) is 7.68. The summed E-state index contributed by atoms with van der Waals surface area (Å²) in [5.74, 6) is 1.76. The number of ether oxygens (including phenoxy) is 2. The third-order valence-electron chi connectivity index (χ3n) is 3.37. The fourth-order valence-electron chi connectivity index (χ4n) is 2.05. The normalized spacial score (nSPS) is 10.4. The molecule has 2 aromatic carbocycles.